The number of carbonyl (C=O) groups excluding carboxylic acids is 1. The van der Waals surface area contributed by atoms with Crippen LogP contribution in [0.15, 0.2) is 0 Å². The Morgan fingerprint density at radius 2 is 1.77 bits per heavy atom. The molecule has 0 spiro atoms. The molecule has 0 radical (unpaired) electrons. The summed E-state index contributed by atoms with van der Waals surface area (Å²) in [6.45, 7) is 11.8. The number of hydrogen-bond donors (Lipinski definition) is 2. The highest BCUT2D eigenvalue weighted by Gasteiger charge is 2.49. The standard InChI is InChI=1S/C12H23NO3.C4H10O2/c1-6-11(14)16-12(9(2)3)13(10(4)5)7-8-15-12;5-3-1-2-4-6/h9-10H,6-8H2,1-5H3;5-6H,1-4H2. The molecule has 1 saturated heterocycles. The maximum atomic E-state index is 11.5. The molecular weight excluding hydrogens is 286 g/mol. The largest absolute Gasteiger partial charge is 0.418 e. The van der Waals surface area contributed by atoms with E-state index in [1.54, 1.807) is 6.92 Å². The lowest BCUT2D eigenvalue weighted by atomic mass is 10.1. The van der Waals surface area contributed by atoms with Crippen LogP contribution >= 0.6 is 0 Å². The van der Waals surface area contributed by atoms with E-state index in [0.29, 0.717) is 19.1 Å². The first kappa shape index (κ1) is 21.3. The summed E-state index contributed by atoms with van der Waals surface area (Å²) in [5.41, 5.74) is 0. The molecule has 0 aromatic rings. The number of unbranched alkanes of at least 4 members (excludes halogenated alkanes) is 1. The number of rotatable bonds is 7. The predicted molar refractivity (Wildman–Crippen MR) is 85.2 cm³/mol. The summed E-state index contributed by atoms with van der Waals surface area (Å²) in [6, 6.07) is 0.301. The van der Waals surface area contributed by atoms with Gasteiger partial charge in [0.2, 0.25) is 0 Å². The van der Waals surface area contributed by atoms with Crippen LogP contribution < -0.4 is 0 Å². The molecule has 0 amide bonds. The van der Waals surface area contributed by atoms with Gasteiger partial charge in [-0.15, -0.1) is 0 Å². The lowest BCUT2D eigenvalue weighted by Gasteiger charge is -2.40. The van der Waals surface area contributed by atoms with Crippen molar-refractivity contribution in [3.05, 3.63) is 0 Å². The SMILES string of the molecule is CCC(=O)OC1(C(C)C)OCCN1C(C)C.OCCCCO. The molecule has 0 aromatic carbocycles. The van der Waals surface area contributed by atoms with Crippen LogP contribution in [-0.2, 0) is 14.3 Å². The number of esters is 1. The highest BCUT2D eigenvalue weighted by molar-refractivity contribution is 5.69. The fourth-order valence-corrected chi connectivity index (χ4v) is 2.31. The molecule has 1 unspecified atom stereocenters. The summed E-state index contributed by atoms with van der Waals surface area (Å²) in [5.74, 6) is -0.949. The Morgan fingerprint density at radius 1 is 1.23 bits per heavy atom. The maximum Gasteiger partial charge on any atom is 0.309 e. The van der Waals surface area contributed by atoms with Crippen molar-refractivity contribution < 1.29 is 24.5 Å². The zero-order chi connectivity index (χ0) is 17.2. The third-order valence-corrected chi connectivity index (χ3v) is 3.51. The third kappa shape index (κ3) is 6.20. The summed E-state index contributed by atoms with van der Waals surface area (Å²) in [7, 11) is 0. The van der Waals surface area contributed by atoms with Crippen LogP contribution in [-0.4, -0.2) is 59.4 Å². The Bertz CT molecular complexity index is 305. The van der Waals surface area contributed by atoms with Crippen LogP contribution in [0.3, 0.4) is 0 Å². The molecule has 6 heteroatoms. The van der Waals surface area contributed by atoms with Gasteiger partial charge < -0.3 is 19.7 Å². The first-order chi connectivity index (χ1) is 10.4. The second kappa shape index (κ2) is 10.9. The van der Waals surface area contributed by atoms with Crippen LogP contribution in [0.1, 0.15) is 53.9 Å². The Balaban J connectivity index is 0.000000626. The Kier molecular flexibility index (Phi) is 10.6. The van der Waals surface area contributed by atoms with Crippen molar-refractivity contribution in [2.45, 2.75) is 65.8 Å². The van der Waals surface area contributed by atoms with E-state index < -0.39 is 5.91 Å². The van der Waals surface area contributed by atoms with Gasteiger partial charge in [0.05, 0.1) is 6.61 Å². The normalized spacial score (nSPS) is 21.9. The van der Waals surface area contributed by atoms with Gasteiger partial charge in [0.25, 0.3) is 5.91 Å². The number of aliphatic hydroxyl groups excluding tert-OH is 2. The van der Waals surface area contributed by atoms with E-state index in [2.05, 4.69) is 18.7 Å². The molecule has 22 heavy (non-hydrogen) atoms. The van der Waals surface area contributed by atoms with Gasteiger partial charge in [-0.2, -0.15) is 0 Å². The van der Waals surface area contributed by atoms with E-state index in [-0.39, 0.29) is 25.1 Å². The average molecular weight is 319 g/mol. The van der Waals surface area contributed by atoms with Crippen LogP contribution in [0.5, 0.6) is 0 Å². The van der Waals surface area contributed by atoms with Crippen molar-refractivity contribution in [2.24, 2.45) is 5.92 Å². The van der Waals surface area contributed by atoms with Crippen molar-refractivity contribution in [1.82, 2.24) is 4.90 Å². The van der Waals surface area contributed by atoms with E-state index in [0.717, 1.165) is 19.4 Å². The molecule has 1 fully saturated rings. The van der Waals surface area contributed by atoms with Gasteiger partial charge in [-0.3, -0.25) is 4.79 Å². The first-order valence-electron chi connectivity index (χ1n) is 8.19. The number of nitrogens with zero attached hydrogens (tertiary/aromatic N) is 1. The van der Waals surface area contributed by atoms with E-state index in [9.17, 15) is 4.79 Å². The number of hydrogen-bond acceptors (Lipinski definition) is 6. The maximum absolute atomic E-state index is 11.5. The van der Waals surface area contributed by atoms with E-state index in [4.69, 9.17) is 19.7 Å². The summed E-state index contributed by atoms with van der Waals surface area (Å²) in [4.78, 5) is 13.6. The second-order valence-corrected chi connectivity index (χ2v) is 5.90. The Hall–Kier alpha value is -0.690. The quantitative estimate of drug-likeness (QED) is 0.550. The molecule has 1 aliphatic heterocycles. The topological polar surface area (TPSA) is 79.2 Å². The van der Waals surface area contributed by atoms with Crippen LogP contribution in [0.25, 0.3) is 0 Å². The van der Waals surface area contributed by atoms with Crippen molar-refractivity contribution in [2.75, 3.05) is 26.4 Å². The van der Waals surface area contributed by atoms with Gasteiger partial charge in [-0.05, 0) is 26.7 Å². The monoisotopic (exact) mass is 319 g/mol. The van der Waals surface area contributed by atoms with Gasteiger partial charge in [-0.25, -0.2) is 4.90 Å². The molecular formula is C16H33NO5. The fourth-order valence-electron chi connectivity index (χ4n) is 2.31. The van der Waals surface area contributed by atoms with Crippen molar-refractivity contribution in [3.63, 3.8) is 0 Å². The minimum atomic E-state index is -0.860. The van der Waals surface area contributed by atoms with Crippen LogP contribution in [0, 0.1) is 5.92 Å². The average Bonchev–Trinajstić information content (AvgIpc) is 2.90. The fraction of sp³-hybridized carbons (Fsp3) is 0.938. The van der Waals surface area contributed by atoms with Gasteiger partial charge in [-0.1, -0.05) is 20.8 Å². The van der Waals surface area contributed by atoms with E-state index >= 15 is 0 Å². The molecule has 1 rings (SSSR count). The van der Waals surface area contributed by atoms with Gasteiger partial charge in [0.1, 0.15) is 0 Å². The molecule has 1 heterocycles. The molecule has 0 saturated carbocycles. The van der Waals surface area contributed by atoms with Crippen LogP contribution in [0.4, 0.5) is 0 Å². The lowest BCUT2D eigenvalue weighted by molar-refractivity contribution is -0.290. The summed E-state index contributed by atoms with van der Waals surface area (Å²) >= 11 is 0. The molecule has 6 nitrogen and oxygen atoms in total. The van der Waals surface area contributed by atoms with Gasteiger partial charge in [0.15, 0.2) is 0 Å². The summed E-state index contributed by atoms with van der Waals surface area (Å²) < 4.78 is 11.3. The summed E-state index contributed by atoms with van der Waals surface area (Å²) in [6.07, 6.45) is 1.82. The highest BCUT2D eigenvalue weighted by atomic mass is 16.7. The zero-order valence-corrected chi connectivity index (χ0v) is 14.7. The number of aliphatic hydroxyl groups is 2. The first-order valence-corrected chi connectivity index (χ1v) is 8.19. The Morgan fingerprint density at radius 3 is 2.14 bits per heavy atom. The van der Waals surface area contributed by atoms with Gasteiger partial charge in [0, 0.05) is 38.1 Å². The van der Waals surface area contributed by atoms with Crippen molar-refractivity contribution >= 4 is 5.97 Å². The van der Waals surface area contributed by atoms with Crippen LogP contribution in [0.2, 0.25) is 0 Å². The van der Waals surface area contributed by atoms with E-state index in [1.165, 1.54) is 0 Å². The Labute approximate surface area is 134 Å². The molecule has 2 N–H and O–H groups in total. The number of carbonyl (C=O) groups is 1. The minimum Gasteiger partial charge on any atom is -0.418 e. The zero-order valence-electron chi connectivity index (χ0n) is 14.7. The predicted octanol–water partition coefficient (Wildman–Crippen LogP) is 1.74. The van der Waals surface area contributed by atoms with Crippen molar-refractivity contribution in [1.29, 1.82) is 0 Å². The molecule has 0 bridgehead atoms. The number of ether oxygens (including phenoxy) is 2. The second-order valence-electron chi connectivity index (χ2n) is 5.90. The highest BCUT2D eigenvalue weighted by Crippen LogP contribution is 2.34. The molecule has 132 valence electrons. The molecule has 0 aliphatic carbocycles. The minimum absolute atomic E-state index is 0.118. The molecule has 1 aliphatic rings. The molecule has 1 atom stereocenters. The smallest absolute Gasteiger partial charge is 0.309 e. The third-order valence-electron chi connectivity index (χ3n) is 3.51. The van der Waals surface area contributed by atoms with Crippen molar-refractivity contribution in [3.8, 4) is 0 Å². The molecule has 0 aromatic heterocycles. The van der Waals surface area contributed by atoms with E-state index in [1.807, 2.05) is 13.8 Å². The summed E-state index contributed by atoms with van der Waals surface area (Å²) in [5, 5.41) is 16.2. The lowest BCUT2D eigenvalue weighted by Crippen LogP contribution is -2.55. The van der Waals surface area contributed by atoms with Gasteiger partial charge >= 0.3 is 5.97 Å².